The molecule has 0 bridgehead atoms. The Hall–Kier alpha value is -1.09. The highest BCUT2D eigenvalue weighted by Gasteiger charge is 2.34. The van der Waals surface area contributed by atoms with Gasteiger partial charge in [0.05, 0.1) is 5.38 Å². The number of aliphatic hydroxyl groups is 1. The third-order valence-corrected chi connectivity index (χ3v) is 4.10. The van der Waals surface area contributed by atoms with Gasteiger partial charge in [-0.3, -0.25) is 0 Å². The molecule has 0 heterocycles. The van der Waals surface area contributed by atoms with Gasteiger partial charge in [-0.05, 0) is 36.2 Å². The molecular weight excluding hydrogens is 286 g/mol. The van der Waals surface area contributed by atoms with Crippen LogP contribution in [0.3, 0.4) is 0 Å². The van der Waals surface area contributed by atoms with E-state index in [0.717, 1.165) is 0 Å². The van der Waals surface area contributed by atoms with Crippen LogP contribution in [0.5, 0.6) is 0 Å². The molecule has 2 rings (SSSR count). The van der Waals surface area contributed by atoms with Gasteiger partial charge < -0.3 is 5.11 Å². The molecule has 2 atom stereocenters. The van der Waals surface area contributed by atoms with E-state index in [2.05, 4.69) is 0 Å². The zero-order valence-corrected chi connectivity index (χ0v) is 11.8. The topological polar surface area (TPSA) is 20.2 Å². The highest BCUT2D eigenvalue weighted by Crippen LogP contribution is 2.42. The molecule has 2 aromatic rings. The summed E-state index contributed by atoms with van der Waals surface area (Å²) in [5, 5.41) is 10.4. The van der Waals surface area contributed by atoms with Crippen molar-refractivity contribution in [2.75, 3.05) is 0 Å². The number of hydrogen-bond acceptors (Lipinski definition) is 1. The summed E-state index contributed by atoms with van der Waals surface area (Å²) in [4.78, 5) is 0. The van der Waals surface area contributed by atoms with Crippen molar-refractivity contribution in [2.45, 2.75) is 17.9 Å². The Morgan fingerprint density at radius 2 is 1.68 bits per heavy atom. The van der Waals surface area contributed by atoms with Crippen LogP contribution in [0.25, 0.3) is 0 Å². The molecule has 1 N–H and O–H groups in total. The summed E-state index contributed by atoms with van der Waals surface area (Å²) in [7, 11) is 0. The normalized spacial score (nSPS) is 15.8. The van der Waals surface area contributed by atoms with E-state index in [-0.39, 0.29) is 5.82 Å². The molecular formula is C15H13Cl2FO. The summed E-state index contributed by atoms with van der Waals surface area (Å²) >= 11 is 12.4. The Kier molecular flexibility index (Phi) is 4.14. The Bertz CT molecular complexity index is 567. The molecule has 100 valence electrons. The van der Waals surface area contributed by atoms with Gasteiger partial charge in [-0.25, -0.2) is 4.39 Å². The SMILES string of the molecule is CC(O)(c1ccc(F)cc1)C(Cl)c1ccccc1Cl. The van der Waals surface area contributed by atoms with Crippen LogP contribution in [0.1, 0.15) is 23.4 Å². The molecule has 0 aliphatic rings. The Balaban J connectivity index is 2.39. The highest BCUT2D eigenvalue weighted by atomic mass is 35.5. The minimum absolute atomic E-state index is 0.358. The summed E-state index contributed by atoms with van der Waals surface area (Å²) in [6.45, 7) is 1.58. The van der Waals surface area contributed by atoms with Crippen molar-refractivity contribution in [3.05, 3.63) is 70.5 Å². The molecule has 0 aliphatic carbocycles. The van der Waals surface area contributed by atoms with Crippen LogP contribution in [0, 0.1) is 5.82 Å². The van der Waals surface area contributed by atoms with E-state index in [9.17, 15) is 9.50 Å². The number of benzene rings is 2. The Morgan fingerprint density at radius 3 is 2.26 bits per heavy atom. The van der Waals surface area contributed by atoms with Gasteiger partial charge in [-0.15, -0.1) is 11.6 Å². The van der Waals surface area contributed by atoms with E-state index in [1.807, 2.05) is 0 Å². The molecule has 0 spiro atoms. The largest absolute Gasteiger partial charge is 0.384 e. The van der Waals surface area contributed by atoms with E-state index in [4.69, 9.17) is 23.2 Å². The second-order valence-corrected chi connectivity index (χ2v) is 5.38. The predicted octanol–water partition coefficient (Wildman–Crippen LogP) is 4.67. The summed E-state index contributed by atoms with van der Waals surface area (Å²) < 4.78 is 12.9. The third kappa shape index (κ3) is 2.92. The monoisotopic (exact) mass is 298 g/mol. The van der Waals surface area contributed by atoms with Crippen molar-refractivity contribution >= 4 is 23.2 Å². The van der Waals surface area contributed by atoms with Crippen LogP contribution in [0.4, 0.5) is 4.39 Å². The van der Waals surface area contributed by atoms with Gasteiger partial charge >= 0.3 is 0 Å². The molecule has 19 heavy (non-hydrogen) atoms. The van der Waals surface area contributed by atoms with E-state index in [1.165, 1.54) is 24.3 Å². The van der Waals surface area contributed by atoms with Crippen molar-refractivity contribution in [1.29, 1.82) is 0 Å². The van der Waals surface area contributed by atoms with Crippen molar-refractivity contribution in [2.24, 2.45) is 0 Å². The predicted molar refractivity (Wildman–Crippen MR) is 76.0 cm³/mol. The van der Waals surface area contributed by atoms with Crippen molar-refractivity contribution in [1.82, 2.24) is 0 Å². The average molecular weight is 299 g/mol. The van der Waals surface area contributed by atoms with Gasteiger partial charge in [-0.1, -0.05) is 41.9 Å². The fourth-order valence-corrected chi connectivity index (χ4v) is 2.53. The minimum atomic E-state index is -1.35. The Morgan fingerprint density at radius 1 is 1.11 bits per heavy atom. The lowest BCUT2D eigenvalue weighted by Gasteiger charge is -2.30. The van der Waals surface area contributed by atoms with E-state index >= 15 is 0 Å². The van der Waals surface area contributed by atoms with Gasteiger partial charge in [0.15, 0.2) is 0 Å². The number of rotatable bonds is 3. The summed E-state index contributed by atoms with van der Waals surface area (Å²) in [5.41, 5.74) is -0.172. The molecule has 1 nitrogen and oxygen atoms in total. The molecule has 4 heteroatoms. The molecule has 0 amide bonds. The lowest BCUT2D eigenvalue weighted by atomic mass is 9.88. The van der Waals surface area contributed by atoms with Gasteiger partial charge in [0.1, 0.15) is 11.4 Å². The molecule has 2 aromatic carbocycles. The standard InChI is InChI=1S/C15H13Cl2FO/c1-15(19,10-6-8-11(18)9-7-10)14(17)12-4-2-3-5-13(12)16/h2-9,14,19H,1H3. The second-order valence-electron chi connectivity index (χ2n) is 4.54. The average Bonchev–Trinajstić information content (AvgIpc) is 2.39. The van der Waals surface area contributed by atoms with Gasteiger partial charge in [0.25, 0.3) is 0 Å². The van der Waals surface area contributed by atoms with Crippen LogP contribution < -0.4 is 0 Å². The van der Waals surface area contributed by atoms with E-state index in [1.54, 1.807) is 31.2 Å². The van der Waals surface area contributed by atoms with Crippen LogP contribution in [0.2, 0.25) is 5.02 Å². The fraction of sp³-hybridized carbons (Fsp3) is 0.200. The Labute approximate surface area is 121 Å². The fourth-order valence-electron chi connectivity index (χ4n) is 1.92. The van der Waals surface area contributed by atoms with E-state index in [0.29, 0.717) is 16.1 Å². The van der Waals surface area contributed by atoms with Crippen LogP contribution in [-0.2, 0) is 5.60 Å². The third-order valence-electron chi connectivity index (χ3n) is 3.10. The van der Waals surface area contributed by atoms with Crippen LogP contribution in [-0.4, -0.2) is 5.11 Å². The number of halogens is 3. The molecule has 2 unspecified atom stereocenters. The summed E-state index contributed by atoms with van der Waals surface area (Å²) in [5.74, 6) is -0.358. The van der Waals surface area contributed by atoms with E-state index < -0.39 is 11.0 Å². The van der Waals surface area contributed by atoms with Gasteiger partial charge in [0, 0.05) is 5.02 Å². The van der Waals surface area contributed by atoms with Gasteiger partial charge in [0.2, 0.25) is 0 Å². The zero-order valence-electron chi connectivity index (χ0n) is 10.3. The summed E-state index contributed by atoms with van der Waals surface area (Å²) in [6.07, 6.45) is 0. The molecule has 0 fully saturated rings. The van der Waals surface area contributed by atoms with Gasteiger partial charge in [-0.2, -0.15) is 0 Å². The first-order valence-corrected chi connectivity index (χ1v) is 6.61. The molecule has 0 aliphatic heterocycles. The summed E-state index contributed by atoms with van der Waals surface area (Å²) in [6, 6.07) is 12.7. The molecule has 0 saturated heterocycles. The maximum atomic E-state index is 12.9. The smallest absolute Gasteiger partial charge is 0.123 e. The van der Waals surface area contributed by atoms with Crippen LogP contribution in [0.15, 0.2) is 48.5 Å². The van der Waals surface area contributed by atoms with Crippen molar-refractivity contribution in [3.8, 4) is 0 Å². The number of alkyl halides is 1. The first-order chi connectivity index (χ1) is 8.93. The molecule has 0 aromatic heterocycles. The lowest BCUT2D eigenvalue weighted by molar-refractivity contribution is 0.0519. The second kappa shape index (κ2) is 5.49. The first-order valence-electron chi connectivity index (χ1n) is 5.80. The van der Waals surface area contributed by atoms with Crippen molar-refractivity contribution in [3.63, 3.8) is 0 Å². The number of hydrogen-bond donors (Lipinski definition) is 1. The minimum Gasteiger partial charge on any atom is -0.384 e. The highest BCUT2D eigenvalue weighted by molar-refractivity contribution is 6.32. The molecule has 0 saturated carbocycles. The van der Waals surface area contributed by atoms with Crippen molar-refractivity contribution < 1.29 is 9.50 Å². The maximum absolute atomic E-state index is 12.9. The first kappa shape index (κ1) is 14.3. The van der Waals surface area contributed by atoms with Crippen LogP contribution >= 0.6 is 23.2 Å². The zero-order chi connectivity index (χ0) is 14.0. The molecule has 0 radical (unpaired) electrons. The lowest BCUT2D eigenvalue weighted by Crippen LogP contribution is -2.27. The maximum Gasteiger partial charge on any atom is 0.123 e. The quantitative estimate of drug-likeness (QED) is 0.817.